The van der Waals surface area contributed by atoms with E-state index in [1.807, 2.05) is 0 Å². The van der Waals surface area contributed by atoms with Gasteiger partial charge in [0, 0.05) is 26.2 Å². The minimum absolute atomic E-state index is 0.152. The highest BCUT2D eigenvalue weighted by Crippen LogP contribution is 2.21. The molecule has 0 aliphatic carbocycles. The van der Waals surface area contributed by atoms with E-state index in [2.05, 4.69) is 0 Å². The van der Waals surface area contributed by atoms with Gasteiger partial charge < -0.3 is 14.7 Å². The van der Waals surface area contributed by atoms with Gasteiger partial charge in [-0.05, 0) is 20.8 Å². The zero-order valence-electron chi connectivity index (χ0n) is 9.69. The fourth-order valence-corrected chi connectivity index (χ4v) is 1.46. The maximum Gasteiger partial charge on any atom is 0.329 e. The number of methoxy groups -OCH3 is 1. The minimum Gasteiger partial charge on any atom is -0.480 e. The lowest BCUT2D eigenvalue weighted by atomic mass is 9.95. The molecule has 0 saturated heterocycles. The highest BCUT2D eigenvalue weighted by molar-refractivity contribution is 5.81. The molecule has 0 aromatic heterocycles. The average molecular weight is 217 g/mol. The van der Waals surface area contributed by atoms with Crippen LogP contribution in [-0.2, 0) is 14.3 Å². The molecule has 5 heteroatoms. The largest absolute Gasteiger partial charge is 0.480 e. The van der Waals surface area contributed by atoms with E-state index in [0.29, 0.717) is 13.0 Å². The van der Waals surface area contributed by atoms with Crippen molar-refractivity contribution >= 4 is 12.4 Å². The SMILES string of the molecule is COCCC(C)(C(=O)O)N(C=O)C(C)C. The maximum atomic E-state index is 11.2. The van der Waals surface area contributed by atoms with E-state index in [1.54, 1.807) is 13.8 Å². The molecule has 1 N–H and O–H groups in total. The summed E-state index contributed by atoms with van der Waals surface area (Å²) in [4.78, 5) is 23.4. The molecular weight excluding hydrogens is 198 g/mol. The summed E-state index contributed by atoms with van der Waals surface area (Å²) in [6, 6.07) is -0.152. The van der Waals surface area contributed by atoms with Gasteiger partial charge in [-0.15, -0.1) is 0 Å². The first-order valence-corrected chi connectivity index (χ1v) is 4.86. The number of aliphatic carboxylic acids is 1. The van der Waals surface area contributed by atoms with Crippen LogP contribution in [0.15, 0.2) is 0 Å². The van der Waals surface area contributed by atoms with Gasteiger partial charge >= 0.3 is 5.97 Å². The second-order valence-corrected chi connectivity index (χ2v) is 3.93. The Kier molecular flexibility index (Phi) is 5.28. The number of rotatable bonds is 7. The average Bonchev–Trinajstić information content (AvgIpc) is 2.14. The lowest BCUT2D eigenvalue weighted by Gasteiger charge is -2.37. The second-order valence-electron chi connectivity index (χ2n) is 3.93. The molecule has 0 saturated carbocycles. The van der Waals surface area contributed by atoms with Crippen LogP contribution < -0.4 is 0 Å². The molecule has 5 nitrogen and oxygen atoms in total. The molecule has 0 spiro atoms. The van der Waals surface area contributed by atoms with Crippen LogP contribution in [0, 0.1) is 0 Å². The number of hydrogen-bond donors (Lipinski definition) is 1. The Morgan fingerprint density at radius 1 is 1.60 bits per heavy atom. The normalized spacial score (nSPS) is 14.7. The van der Waals surface area contributed by atoms with Crippen LogP contribution in [0.4, 0.5) is 0 Å². The standard InChI is InChI=1S/C10H19NO4/c1-8(2)11(7-12)10(3,9(13)14)5-6-15-4/h7-8H,5-6H2,1-4H3,(H,13,14). The summed E-state index contributed by atoms with van der Waals surface area (Å²) < 4.78 is 4.86. The van der Waals surface area contributed by atoms with E-state index < -0.39 is 11.5 Å². The minimum atomic E-state index is -1.20. The van der Waals surface area contributed by atoms with Crippen LogP contribution in [0.1, 0.15) is 27.2 Å². The Morgan fingerprint density at radius 3 is 2.40 bits per heavy atom. The van der Waals surface area contributed by atoms with Gasteiger partial charge in [-0.2, -0.15) is 0 Å². The van der Waals surface area contributed by atoms with E-state index >= 15 is 0 Å². The summed E-state index contributed by atoms with van der Waals surface area (Å²) in [7, 11) is 1.50. The fourth-order valence-electron chi connectivity index (χ4n) is 1.46. The number of carbonyl (C=O) groups excluding carboxylic acids is 1. The van der Waals surface area contributed by atoms with Crippen molar-refractivity contribution in [1.82, 2.24) is 4.90 Å². The lowest BCUT2D eigenvalue weighted by Crippen LogP contribution is -2.55. The van der Waals surface area contributed by atoms with Crippen molar-refractivity contribution in [2.45, 2.75) is 38.8 Å². The summed E-state index contributed by atoms with van der Waals surface area (Å²) in [5.41, 5.74) is -1.20. The van der Waals surface area contributed by atoms with Crippen molar-refractivity contribution in [1.29, 1.82) is 0 Å². The molecule has 0 radical (unpaired) electrons. The molecule has 0 fully saturated rings. The quantitative estimate of drug-likeness (QED) is 0.638. The van der Waals surface area contributed by atoms with Gasteiger partial charge in [0.05, 0.1) is 0 Å². The van der Waals surface area contributed by atoms with Crippen LogP contribution in [0.3, 0.4) is 0 Å². The van der Waals surface area contributed by atoms with E-state index in [4.69, 9.17) is 9.84 Å². The molecule has 0 bridgehead atoms. The number of carboxylic acid groups (broad SMARTS) is 1. The van der Waals surface area contributed by atoms with Gasteiger partial charge in [0.15, 0.2) is 0 Å². The number of hydrogen-bond acceptors (Lipinski definition) is 3. The van der Waals surface area contributed by atoms with Gasteiger partial charge in [0.25, 0.3) is 0 Å². The number of carboxylic acids is 1. The fraction of sp³-hybridized carbons (Fsp3) is 0.800. The Labute approximate surface area is 90.0 Å². The third-order valence-corrected chi connectivity index (χ3v) is 2.49. The van der Waals surface area contributed by atoms with Crippen molar-refractivity contribution in [2.75, 3.05) is 13.7 Å². The summed E-state index contributed by atoms with van der Waals surface area (Å²) in [5, 5.41) is 9.15. The van der Waals surface area contributed by atoms with Gasteiger partial charge in [-0.3, -0.25) is 4.79 Å². The molecule has 1 atom stereocenters. The number of amides is 1. The van der Waals surface area contributed by atoms with Gasteiger partial charge in [0.2, 0.25) is 6.41 Å². The van der Waals surface area contributed by atoms with Gasteiger partial charge in [-0.1, -0.05) is 0 Å². The van der Waals surface area contributed by atoms with Crippen molar-refractivity contribution in [3.63, 3.8) is 0 Å². The zero-order chi connectivity index (χ0) is 12.1. The van der Waals surface area contributed by atoms with Gasteiger partial charge in [0.1, 0.15) is 5.54 Å². The number of carbonyl (C=O) groups is 2. The van der Waals surface area contributed by atoms with Crippen LogP contribution in [0.5, 0.6) is 0 Å². The Balaban J connectivity index is 4.89. The summed E-state index contributed by atoms with van der Waals surface area (Å²) in [6.07, 6.45) is 0.851. The predicted molar refractivity (Wildman–Crippen MR) is 55.6 cm³/mol. The molecule has 0 aromatic carbocycles. The number of ether oxygens (including phenoxy) is 1. The first kappa shape index (κ1) is 13.9. The van der Waals surface area contributed by atoms with Crippen LogP contribution in [0.25, 0.3) is 0 Å². The third kappa shape index (κ3) is 3.20. The van der Waals surface area contributed by atoms with Crippen LogP contribution in [-0.4, -0.2) is 47.7 Å². The van der Waals surface area contributed by atoms with Crippen molar-refractivity contribution < 1.29 is 19.4 Å². The molecule has 15 heavy (non-hydrogen) atoms. The monoisotopic (exact) mass is 217 g/mol. The topological polar surface area (TPSA) is 66.8 Å². The predicted octanol–water partition coefficient (Wildman–Crippen LogP) is 0.733. The molecule has 1 unspecified atom stereocenters. The highest BCUT2D eigenvalue weighted by Gasteiger charge is 2.39. The molecule has 0 aromatic rings. The second kappa shape index (κ2) is 5.70. The summed E-state index contributed by atoms with van der Waals surface area (Å²) in [5.74, 6) is -1.01. The van der Waals surface area contributed by atoms with E-state index in [9.17, 15) is 9.59 Å². The van der Waals surface area contributed by atoms with E-state index in [-0.39, 0.29) is 12.5 Å². The molecule has 0 heterocycles. The van der Waals surface area contributed by atoms with E-state index in [0.717, 1.165) is 0 Å². The van der Waals surface area contributed by atoms with Crippen molar-refractivity contribution in [2.24, 2.45) is 0 Å². The smallest absolute Gasteiger partial charge is 0.329 e. The van der Waals surface area contributed by atoms with Crippen molar-refractivity contribution in [3.8, 4) is 0 Å². The lowest BCUT2D eigenvalue weighted by molar-refractivity contribution is -0.157. The molecule has 1 amide bonds. The number of nitrogens with zero attached hydrogens (tertiary/aromatic N) is 1. The summed E-state index contributed by atoms with van der Waals surface area (Å²) in [6.45, 7) is 5.40. The van der Waals surface area contributed by atoms with Crippen LogP contribution >= 0.6 is 0 Å². The molecule has 0 rings (SSSR count). The Bertz CT molecular complexity index is 229. The highest BCUT2D eigenvalue weighted by atomic mass is 16.5. The first-order valence-electron chi connectivity index (χ1n) is 4.86. The first-order chi connectivity index (χ1) is 6.90. The molecule has 88 valence electrons. The molecular formula is C10H19NO4. The maximum absolute atomic E-state index is 11.2. The Hall–Kier alpha value is -1.10. The van der Waals surface area contributed by atoms with Crippen LogP contribution in [0.2, 0.25) is 0 Å². The summed E-state index contributed by atoms with van der Waals surface area (Å²) >= 11 is 0. The third-order valence-electron chi connectivity index (χ3n) is 2.49. The van der Waals surface area contributed by atoms with Gasteiger partial charge in [-0.25, -0.2) is 4.79 Å². The van der Waals surface area contributed by atoms with E-state index in [1.165, 1.54) is 18.9 Å². The Morgan fingerprint density at radius 2 is 2.13 bits per heavy atom. The zero-order valence-corrected chi connectivity index (χ0v) is 9.69. The molecule has 0 aliphatic heterocycles. The van der Waals surface area contributed by atoms with Crippen molar-refractivity contribution in [3.05, 3.63) is 0 Å². The molecule has 0 aliphatic rings.